The van der Waals surface area contributed by atoms with Gasteiger partial charge in [-0.25, -0.2) is 0 Å². The molecule has 92 valence electrons. The summed E-state index contributed by atoms with van der Waals surface area (Å²) in [4.78, 5) is 2.50. The van der Waals surface area contributed by atoms with E-state index >= 15 is 0 Å². The standard InChI is InChI=1S/C15H22N2/c1-13(2)11-16-12-14-7-3-4-8-15(14)17-9-5-6-10-17/h3-4,7-8,16H,1,5-6,9-12H2,2H3. The molecule has 0 amide bonds. The van der Waals surface area contributed by atoms with Crippen LogP contribution in [0.15, 0.2) is 36.4 Å². The van der Waals surface area contributed by atoms with Gasteiger partial charge in [0, 0.05) is 31.9 Å². The SMILES string of the molecule is C=C(C)CNCc1ccccc1N1CCCC1. The number of rotatable bonds is 5. The molecule has 0 spiro atoms. The Morgan fingerprint density at radius 2 is 2.00 bits per heavy atom. The Balaban J connectivity index is 2.02. The smallest absolute Gasteiger partial charge is 0.0411 e. The second-order valence-corrected chi connectivity index (χ2v) is 4.88. The van der Waals surface area contributed by atoms with E-state index in [1.54, 1.807) is 0 Å². The lowest BCUT2D eigenvalue weighted by Gasteiger charge is -2.21. The summed E-state index contributed by atoms with van der Waals surface area (Å²) in [6.07, 6.45) is 2.65. The first-order valence-electron chi connectivity index (χ1n) is 6.45. The highest BCUT2D eigenvalue weighted by Gasteiger charge is 2.14. The number of hydrogen-bond donors (Lipinski definition) is 1. The Hall–Kier alpha value is -1.28. The molecule has 0 aromatic heterocycles. The van der Waals surface area contributed by atoms with Crippen molar-refractivity contribution in [2.75, 3.05) is 24.5 Å². The van der Waals surface area contributed by atoms with Gasteiger partial charge in [-0.3, -0.25) is 0 Å². The molecule has 1 aromatic carbocycles. The monoisotopic (exact) mass is 230 g/mol. The van der Waals surface area contributed by atoms with E-state index < -0.39 is 0 Å². The maximum atomic E-state index is 3.91. The van der Waals surface area contributed by atoms with Crippen molar-refractivity contribution in [3.8, 4) is 0 Å². The summed E-state index contributed by atoms with van der Waals surface area (Å²) in [5.74, 6) is 0. The van der Waals surface area contributed by atoms with Crippen LogP contribution in [0.3, 0.4) is 0 Å². The number of nitrogens with zero attached hydrogens (tertiary/aromatic N) is 1. The highest BCUT2D eigenvalue weighted by Crippen LogP contribution is 2.24. The Morgan fingerprint density at radius 1 is 1.29 bits per heavy atom. The third kappa shape index (κ3) is 3.34. The first-order chi connectivity index (χ1) is 8.27. The molecule has 1 aliphatic rings. The summed E-state index contributed by atoms with van der Waals surface area (Å²) >= 11 is 0. The first-order valence-corrected chi connectivity index (χ1v) is 6.45. The van der Waals surface area contributed by atoms with Gasteiger partial charge in [0.25, 0.3) is 0 Å². The van der Waals surface area contributed by atoms with Gasteiger partial charge in [0.05, 0.1) is 0 Å². The van der Waals surface area contributed by atoms with Crippen LogP contribution in [0.1, 0.15) is 25.3 Å². The van der Waals surface area contributed by atoms with Gasteiger partial charge in [0.2, 0.25) is 0 Å². The Morgan fingerprint density at radius 3 is 2.71 bits per heavy atom. The average Bonchev–Trinajstić information content (AvgIpc) is 2.82. The Bertz CT molecular complexity index is 378. The van der Waals surface area contributed by atoms with Gasteiger partial charge in [-0.1, -0.05) is 30.4 Å². The van der Waals surface area contributed by atoms with Crippen molar-refractivity contribution in [3.05, 3.63) is 42.0 Å². The molecule has 1 aliphatic heterocycles. The van der Waals surface area contributed by atoms with Crippen LogP contribution in [0.5, 0.6) is 0 Å². The second kappa shape index (κ2) is 5.87. The van der Waals surface area contributed by atoms with Gasteiger partial charge in [-0.05, 0) is 31.4 Å². The summed E-state index contributed by atoms with van der Waals surface area (Å²) in [5, 5.41) is 3.44. The fourth-order valence-electron chi connectivity index (χ4n) is 2.34. The molecule has 2 rings (SSSR count). The molecule has 0 radical (unpaired) electrons. The molecule has 2 heteroatoms. The van der Waals surface area contributed by atoms with Gasteiger partial charge < -0.3 is 10.2 Å². The van der Waals surface area contributed by atoms with Crippen LogP contribution >= 0.6 is 0 Å². The summed E-state index contributed by atoms with van der Waals surface area (Å²) in [5.41, 5.74) is 3.98. The molecule has 17 heavy (non-hydrogen) atoms. The van der Waals surface area contributed by atoms with E-state index in [4.69, 9.17) is 0 Å². The van der Waals surface area contributed by atoms with Crippen molar-refractivity contribution in [3.63, 3.8) is 0 Å². The molecule has 0 atom stereocenters. The minimum atomic E-state index is 0.897. The van der Waals surface area contributed by atoms with Crippen LogP contribution in [-0.4, -0.2) is 19.6 Å². The Labute approximate surface area is 104 Å². The fraction of sp³-hybridized carbons (Fsp3) is 0.467. The van der Waals surface area contributed by atoms with E-state index in [0.717, 1.165) is 13.1 Å². The zero-order chi connectivity index (χ0) is 12.1. The van der Waals surface area contributed by atoms with Crippen LogP contribution in [0.25, 0.3) is 0 Å². The number of benzene rings is 1. The van der Waals surface area contributed by atoms with Crippen LogP contribution in [0.2, 0.25) is 0 Å². The lowest BCUT2D eigenvalue weighted by molar-refractivity contribution is 0.737. The van der Waals surface area contributed by atoms with E-state index in [1.165, 1.54) is 42.8 Å². The van der Waals surface area contributed by atoms with Crippen molar-refractivity contribution in [2.45, 2.75) is 26.3 Å². The van der Waals surface area contributed by atoms with Crippen LogP contribution < -0.4 is 10.2 Å². The van der Waals surface area contributed by atoms with Crippen molar-refractivity contribution in [2.24, 2.45) is 0 Å². The van der Waals surface area contributed by atoms with Gasteiger partial charge in [-0.15, -0.1) is 0 Å². The molecular formula is C15H22N2. The van der Waals surface area contributed by atoms with Crippen molar-refractivity contribution in [1.82, 2.24) is 5.32 Å². The maximum absolute atomic E-state index is 3.91. The third-order valence-corrected chi connectivity index (χ3v) is 3.18. The summed E-state index contributed by atoms with van der Waals surface area (Å²) in [6.45, 7) is 10.2. The molecule has 1 saturated heterocycles. The molecule has 0 bridgehead atoms. The fourth-order valence-corrected chi connectivity index (χ4v) is 2.34. The topological polar surface area (TPSA) is 15.3 Å². The summed E-state index contributed by atoms with van der Waals surface area (Å²) in [7, 11) is 0. The molecule has 1 N–H and O–H groups in total. The predicted molar refractivity (Wildman–Crippen MR) is 74.4 cm³/mol. The minimum Gasteiger partial charge on any atom is -0.371 e. The van der Waals surface area contributed by atoms with Crippen molar-refractivity contribution in [1.29, 1.82) is 0 Å². The number of para-hydroxylation sites is 1. The van der Waals surface area contributed by atoms with E-state index in [9.17, 15) is 0 Å². The molecule has 1 fully saturated rings. The molecule has 1 heterocycles. The minimum absolute atomic E-state index is 0.897. The van der Waals surface area contributed by atoms with Gasteiger partial charge >= 0.3 is 0 Å². The summed E-state index contributed by atoms with van der Waals surface area (Å²) < 4.78 is 0. The highest BCUT2D eigenvalue weighted by molar-refractivity contribution is 5.54. The quantitative estimate of drug-likeness (QED) is 0.782. The Kier molecular flexibility index (Phi) is 4.21. The van der Waals surface area contributed by atoms with E-state index in [0.29, 0.717) is 0 Å². The number of anilines is 1. The molecular weight excluding hydrogens is 208 g/mol. The summed E-state index contributed by atoms with van der Waals surface area (Å²) in [6, 6.07) is 8.72. The van der Waals surface area contributed by atoms with Gasteiger partial charge in [-0.2, -0.15) is 0 Å². The first kappa shape index (κ1) is 12.2. The van der Waals surface area contributed by atoms with E-state index in [2.05, 4.69) is 48.0 Å². The third-order valence-electron chi connectivity index (χ3n) is 3.18. The normalized spacial score (nSPS) is 15.2. The van der Waals surface area contributed by atoms with Crippen LogP contribution in [0.4, 0.5) is 5.69 Å². The lowest BCUT2D eigenvalue weighted by Crippen LogP contribution is -2.22. The number of nitrogens with one attached hydrogen (secondary N) is 1. The predicted octanol–water partition coefficient (Wildman–Crippen LogP) is 2.95. The second-order valence-electron chi connectivity index (χ2n) is 4.88. The van der Waals surface area contributed by atoms with E-state index in [-0.39, 0.29) is 0 Å². The van der Waals surface area contributed by atoms with Crippen LogP contribution in [0, 0.1) is 0 Å². The van der Waals surface area contributed by atoms with Crippen molar-refractivity contribution >= 4 is 5.69 Å². The number of hydrogen-bond acceptors (Lipinski definition) is 2. The maximum Gasteiger partial charge on any atom is 0.0411 e. The molecule has 2 nitrogen and oxygen atoms in total. The molecule has 0 unspecified atom stereocenters. The zero-order valence-corrected chi connectivity index (χ0v) is 10.7. The molecule has 0 saturated carbocycles. The average molecular weight is 230 g/mol. The van der Waals surface area contributed by atoms with Crippen molar-refractivity contribution < 1.29 is 0 Å². The van der Waals surface area contributed by atoms with Gasteiger partial charge in [0.1, 0.15) is 0 Å². The molecule has 1 aromatic rings. The zero-order valence-electron chi connectivity index (χ0n) is 10.7. The van der Waals surface area contributed by atoms with Crippen LogP contribution in [-0.2, 0) is 6.54 Å². The van der Waals surface area contributed by atoms with E-state index in [1.807, 2.05) is 0 Å². The lowest BCUT2D eigenvalue weighted by atomic mass is 10.1. The highest BCUT2D eigenvalue weighted by atomic mass is 15.1. The largest absolute Gasteiger partial charge is 0.371 e. The van der Waals surface area contributed by atoms with Gasteiger partial charge in [0.15, 0.2) is 0 Å². The molecule has 0 aliphatic carbocycles.